The second-order valence-corrected chi connectivity index (χ2v) is 6.44. The molecule has 6 heteroatoms. The quantitative estimate of drug-likeness (QED) is 0.684. The molecule has 0 unspecified atom stereocenters. The van der Waals surface area contributed by atoms with Crippen LogP contribution in [0.1, 0.15) is 17.0 Å². The van der Waals surface area contributed by atoms with Crippen LogP contribution >= 0.6 is 24.0 Å². The van der Waals surface area contributed by atoms with Gasteiger partial charge in [0.05, 0.1) is 16.8 Å². The van der Waals surface area contributed by atoms with Gasteiger partial charge in [-0.15, -0.1) is 0 Å². The van der Waals surface area contributed by atoms with Gasteiger partial charge in [-0.05, 0) is 43.7 Å². The Morgan fingerprint density at radius 2 is 2.24 bits per heavy atom. The van der Waals surface area contributed by atoms with E-state index in [4.69, 9.17) is 12.2 Å². The van der Waals surface area contributed by atoms with Gasteiger partial charge in [0.2, 0.25) is 0 Å². The zero-order valence-electron chi connectivity index (χ0n) is 11.6. The number of hydrogen-bond donors (Lipinski definition) is 1. The van der Waals surface area contributed by atoms with E-state index >= 15 is 0 Å². The second-order valence-electron chi connectivity index (χ2n) is 4.73. The molecule has 0 aromatic carbocycles. The van der Waals surface area contributed by atoms with E-state index in [-0.39, 0.29) is 5.91 Å². The summed E-state index contributed by atoms with van der Waals surface area (Å²) in [6, 6.07) is 5.98. The number of thioether (sulfide) groups is 1. The molecule has 21 heavy (non-hydrogen) atoms. The van der Waals surface area contributed by atoms with Gasteiger partial charge in [0, 0.05) is 17.6 Å². The Morgan fingerprint density at radius 3 is 2.86 bits per heavy atom. The number of amides is 1. The van der Waals surface area contributed by atoms with Crippen LogP contribution < -0.4 is 5.32 Å². The Balaban J connectivity index is 2.05. The molecule has 3 rings (SSSR count). The monoisotopic (exact) mass is 315 g/mol. The number of nitrogens with zero attached hydrogens (tertiary/aromatic N) is 2. The van der Waals surface area contributed by atoms with E-state index in [2.05, 4.69) is 20.9 Å². The summed E-state index contributed by atoms with van der Waals surface area (Å²) in [6.07, 6.45) is 5.46. The predicted octanol–water partition coefficient (Wildman–Crippen LogP) is 2.98. The molecule has 0 spiro atoms. The van der Waals surface area contributed by atoms with E-state index in [0.29, 0.717) is 9.23 Å². The fourth-order valence-corrected chi connectivity index (χ4v) is 3.41. The number of thiocarbonyl (C=S) groups is 1. The van der Waals surface area contributed by atoms with Crippen molar-refractivity contribution in [1.82, 2.24) is 14.9 Å². The molecule has 1 aliphatic heterocycles. The topological polar surface area (TPSA) is 46.9 Å². The van der Waals surface area contributed by atoms with Crippen LogP contribution in [0.4, 0.5) is 0 Å². The number of aromatic nitrogens is 2. The van der Waals surface area contributed by atoms with Gasteiger partial charge >= 0.3 is 0 Å². The molecule has 2 aromatic rings. The molecule has 0 aliphatic carbocycles. The Morgan fingerprint density at radius 1 is 1.43 bits per heavy atom. The number of hydrogen-bond acceptors (Lipinski definition) is 4. The number of pyridine rings is 1. The largest absolute Gasteiger partial charge is 0.316 e. The maximum absolute atomic E-state index is 11.8. The molecule has 106 valence electrons. The lowest BCUT2D eigenvalue weighted by Crippen LogP contribution is -2.17. The lowest BCUT2D eigenvalue weighted by Gasteiger charge is -2.08. The van der Waals surface area contributed by atoms with Gasteiger partial charge in [0.15, 0.2) is 0 Å². The van der Waals surface area contributed by atoms with Crippen molar-refractivity contribution in [3.05, 3.63) is 52.4 Å². The molecule has 2 aromatic heterocycles. The number of carbonyl (C=O) groups is 1. The molecular weight excluding hydrogens is 302 g/mol. The van der Waals surface area contributed by atoms with Crippen molar-refractivity contribution in [2.24, 2.45) is 0 Å². The van der Waals surface area contributed by atoms with E-state index in [0.717, 1.165) is 22.6 Å². The van der Waals surface area contributed by atoms with E-state index in [1.807, 2.05) is 38.3 Å². The molecular formula is C15H13N3OS2. The van der Waals surface area contributed by atoms with Gasteiger partial charge in [-0.3, -0.25) is 9.78 Å². The van der Waals surface area contributed by atoms with Gasteiger partial charge in [-0.25, -0.2) is 0 Å². The van der Waals surface area contributed by atoms with E-state index in [1.54, 1.807) is 6.20 Å². The van der Waals surface area contributed by atoms with E-state index < -0.39 is 0 Å². The minimum absolute atomic E-state index is 0.129. The van der Waals surface area contributed by atoms with Crippen LogP contribution in [0.2, 0.25) is 0 Å². The summed E-state index contributed by atoms with van der Waals surface area (Å²) in [4.78, 5) is 16.5. The Bertz CT molecular complexity index is 763. The molecule has 0 saturated carbocycles. The number of rotatable bonds is 2. The number of nitrogens with one attached hydrogen (secondary N) is 1. The van der Waals surface area contributed by atoms with Gasteiger partial charge < -0.3 is 9.88 Å². The van der Waals surface area contributed by atoms with Gasteiger partial charge in [-0.1, -0.05) is 24.0 Å². The summed E-state index contributed by atoms with van der Waals surface area (Å²) in [7, 11) is 0. The van der Waals surface area contributed by atoms with Crippen molar-refractivity contribution in [2.45, 2.75) is 13.8 Å². The summed E-state index contributed by atoms with van der Waals surface area (Å²) in [5.74, 6) is -0.129. The van der Waals surface area contributed by atoms with Crippen LogP contribution in [0.3, 0.4) is 0 Å². The Labute approximate surface area is 132 Å². The SMILES string of the molecule is Cc1cc(/C=C2\SC(=S)NC2=O)c(C)n1-c1cccnc1. The lowest BCUT2D eigenvalue weighted by molar-refractivity contribution is -0.115. The molecule has 4 nitrogen and oxygen atoms in total. The van der Waals surface area contributed by atoms with Crippen LogP contribution in [0, 0.1) is 13.8 Å². The Kier molecular flexibility index (Phi) is 3.65. The highest BCUT2D eigenvalue weighted by molar-refractivity contribution is 8.26. The summed E-state index contributed by atoms with van der Waals surface area (Å²) in [5, 5.41) is 2.63. The average Bonchev–Trinajstić information content (AvgIpc) is 2.91. The Hall–Kier alpha value is -1.92. The molecule has 1 saturated heterocycles. The molecule has 0 atom stereocenters. The van der Waals surface area contributed by atoms with Crippen molar-refractivity contribution >= 4 is 40.3 Å². The first-order valence-corrected chi connectivity index (χ1v) is 7.63. The minimum atomic E-state index is -0.129. The first-order valence-electron chi connectivity index (χ1n) is 6.40. The summed E-state index contributed by atoms with van der Waals surface area (Å²) < 4.78 is 2.63. The van der Waals surface area contributed by atoms with Crippen LogP contribution in [0.5, 0.6) is 0 Å². The second kappa shape index (κ2) is 5.46. The average molecular weight is 315 g/mol. The fourth-order valence-electron chi connectivity index (χ4n) is 2.38. The van der Waals surface area contributed by atoms with Crippen LogP contribution in [0.15, 0.2) is 35.5 Å². The maximum Gasteiger partial charge on any atom is 0.263 e. The molecule has 1 aliphatic rings. The van der Waals surface area contributed by atoms with E-state index in [1.165, 1.54) is 11.8 Å². The van der Waals surface area contributed by atoms with Crippen LogP contribution in [-0.4, -0.2) is 19.8 Å². The fraction of sp³-hybridized carbons (Fsp3) is 0.133. The van der Waals surface area contributed by atoms with Gasteiger partial charge in [0.25, 0.3) is 5.91 Å². The summed E-state index contributed by atoms with van der Waals surface area (Å²) in [6.45, 7) is 4.07. The standard InChI is InChI=1S/C15H13N3OS2/c1-9-6-11(7-13-14(19)17-15(20)21-13)10(2)18(9)12-4-3-5-16-8-12/h3-8H,1-2H3,(H,17,19,20)/b13-7-. The van der Waals surface area contributed by atoms with Crippen molar-refractivity contribution in [1.29, 1.82) is 0 Å². The lowest BCUT2D eigenvalue weighted by atomic mass is 10.2. The minimum Gasteiger partial charge on any atom is -0.316 e. The molecule has 1 fully saturated rings. The van der Waals surface area contributed by atoms with Crippen molar-refractivity contribution in [3.63, 3.8) is 0 Å². The molecule has 3 heterocycles. The third-order valence-electron chi connectivity index (χ3n) is 3.30. The molecule has 1 amide bonds. The molecule has 0 radical (unpaired) electrons. The zero-order valence-corrected chi connectivity index (χ0v) is 13.2. The van der Waals surface area contributed by atoms with Crippen LogP contribution in [-0.2, 0) is 4.79 Å². The number of aryl methyl sites for hydroxylation is 1. The third kappa shape index (κ3) is 2.64. The van der Waals surface area contributed by atoms with Crippen molar-refractivity contribution in [2.75, 3.05) is 0 Å². The molecule has 1 N–H and O–H groups in total. The number of carbonyl (C=O) groups excluding carboxylic acids is 1. The van der Waals surface area contributed by atoms with Gasteiger partial charge in [0.1, 0.15) is 4.32 Å². The van der Waals surface area contributed by atoms with Crippen molar-refractivity contribution in [3.8, 4) is 5.69 Å². The van der Waals surface area contributed by atoms with E-state index in [9.17, 15) is 4.79 Å². The summed E-state index contributed by atoms with van der Waals surface area (Å²) >= 11 is 6.30. The first kappa shape index (κ1) is 14.0. The zero-order chi connectivity index (χ0) is 15.0. The normalized spacial score (nSPS) is 16.6. The van der Waals surface area contributed by atoms with Gasteiger partial charge in [-0.2, -0.15) is 0 Å². The maximum atomic E-state index is 11.8. The van der Waals surface area contributed by atoms with Crippen molar-refractivity contribution < 1.29 is 4.79 Å². The summed E-state index contributed by atoms with van der Waals surface area (Å²) in [5.41, 5.74) is 4.19. The predicted molar refractivity (Wildman–Crippen MR) is 89.3 cm³/mol. The van der Waals surface area contributed by atoms with Crippen LogP contribution in [0.25, 0.3) is 11.8 Å². The smallest absolute Gasteiger partial charge is 0.263 e. The first-order chi connectivity index (χ1) is 10.1. The molecule has 0 bridgehead atoms. The third-order valence-corrected chi connectivity index (χ3v) is 4.47. The highest BCUT2D eigenvalue weighted by atomic mass is 32.2. The highest BCUT2D eigenvalue weighted by Crippen LogP contribution is 2.29. The highest BCUT2D eigenvalue weighted by Gasteiger charge is 2.22.